The third kappa shape index (κ3) is 2.89. The van der Waals surface area contributed by atoms with Crippen LogP contribution in [0.3, 0.4) is 0 Å². The number of ether oxygens (including phenoxy) is 2. The number of aromatic hydroxyl groups is 1. The predicted octanol–water partition coefficient (Wildman–Crippen LogP) is 3.89. The normalized spacial score (nSPS) is 14.2. The molecule has 27 heavy (non-hydrogen) atoms. The molecule has 6 nitrogen and oxygen atoms in total. The molecule has 0 radical (unpaired) electrons. The van der Waals surface area contributed by atoms with Crippen LogP contribution in [0.25, 0.3) is 17.0 Å². The molecule has 0 fully saturated rings. The van der Waals surface area contributed by atoms with Gasteiger partial charge in [0.2, 0.25) is 5.78 Å². The number of nitrogens with zero attached hydrogens (tertiary/aromatic N) is 2. The first-order valence-electron chi connectivity index (χ1n) is 8.50. The summed E-state index contributed by atoms with van der Waals surface area (Å²) >= 11 is 0. The predicted molar refractivity (Wildman–Crippen MR) is 99.8 cm³/mol. The highest BCUT2D eigenvalue weighted by Crippen LogP contribution is 2.36. The van der Waals surface area contributed by atoms with Gasteiger partial charge >= 0.3 is 0 Å². The fourth-order valence-electron chi connectivity index (χ4n) is 3.20. The molecule has 4 rings (SSSR count). The molecule has 2 heterocycles. The molecule has 0 amide bonds. The molecule has 134 valence electrons. The van der Waals surface area contributed by atoms with Gasteiger partial charge in [-0.15, -0.1) is 0 Å². The van der Waals surface area contributed by atoms with Crippen molar-refractivity contribution in [3.05, 3.63) is 59.5 Å². The summed E-state index contributed by atoms with van der Waals surface area (Å²) in [6.45, 7) is 2.72. The summed E-state index contributed by atoms with van der Waals surface area (Å²) < 4.78 is 13.0. The largest absolute Gasteiger partial charge is 0.508 e. The number of carbonyl (C=O) groups excluding carboxylic acids is 1. The zero-order chi connectivity index (χ0) is 19.0. The molecule has 0 aliphatic carbocycles. The van der Waals surface area contributed by atoms with Crippen molar-refractivity contribution in [2.75, 3.05) is 6.61 Å². The first-order chi connectivity index (χ1) is 13.1. The molecular formula is C21H16N2O4. The van der Waals surface area contributed by atoms with Crippen molar-refractivity contribution in [1.82, 2.24) is 4.57 Å². The number of phenols is 1. The van der Waals surface area contributed by atoms with Gasteiger partial charge in [-0.1, -0.05) is 0 Å². The molecule has 1 N–H and O–H groups in total. The molecule has 3 aromatic rings. The van der Waals surface area contributed by atoms with Crippen molar-refractivity contribution in [3.63, 3.8) is 0 Å². The molecule has 0 spiro atoms. The number of allylic oxidation sites excluding steroid dienone is 1. The topological polar surface area (TPSA) is 84.5 Å². The van der Waals surface area contributed by atoms with Gasteiger partial charge in [0.1, 0.15) is 23.3 Å². The van der Waals surface area contributed by atoms with Crippen LogP contribution in [-0.2, 0) is 6.54 Å². The van der Waals surface area contributed by atoms with Gasteiger partial charge in [-0.2, -0.15) is 5.26 Å². The van der Waals surface area contributed by atoms with E-state index in [1.54, 1.807) is 36.4 Å². The van der Waals surface area contributed by atoms with E-state index in [-0.39, 0.29) is 23.9 Å². The standard InChI is InChI=1S/C21H16N2O4/c1-2-23-12-13(17-10-14(24)3-6-18(17)23)9-20-21(25)16-5-4-15(26-8-7-22)11-19(16)27-20/h3-6,9-12,24H,2,8H2,1H3. The zero-order valence-electron chi connectivity index (χ0n) is 14.6. The van der Waals surface area contributed by atoms with Gasteiger partial charge in [-0.25, -0.2) is 0 Å². The van der Waals surface area contributed by atoms with E-state index in [0.717, 1.165) is 23.0 Å². The van der Waals surface area contributed by atoms with Crippen molar-refractivity contribution in [2.24, 2.45) is 0 Å². The maximum atomic E-state index is 12.7. The fourth-order valence-corrected chi connectivity index (χ4v) is 3.20. The molecule has 0 saturated heterocycles. The maximum absolute atomic E-state index is 12.7. The van der Waals surface area contributed by atoms with Gasteiger partial charge < -0.3 is 19.1 Å². The van der Waals surface area contributed by atoms with Crippen LogP contribution in [0.15, 0.2) is 48.4 Å². The molecule has 0 saturated carbocycles. The highest BCUT2D eigenvalue weighted by atomic mass is 16.5. The van der Waals surface area contributed by atoms with Gasteiger partial charge in [-0.05, 0) is 43.3 Å². The van der Waals surface area contributed by atoms with Crippen molar-refractivity contribution in [1.29, 1.82) is 5.26 Å². The molecule has 0 bridgehead atoms. The summed E-state index contributed by atoms with van der Waals surface area (Å²) in [7, 11) is 0. The van der Waals surface area contributed by atoms with E-state index >= 15 is 0 Å². The number of hydrogen-bond acceptors (Lipinski definition) is 5. The Balaban J connectivity index is 1.73. The van der Waals surface area contributed by atoms with Crippen LogP contribution in [0.5, 0.6) is 17.2 Å². The number of Topliss-reactive ketones (excluding diaryl/α,β-unsaturated/α-hetero) is 1. The molecular weight excluding hydrogens is 344 g/mol. The van der Waals surface area contributed by atoms with E-state index in [4.69, 9.17) is 14.7 Å². The lowest BCUT2D eigenvalue weighted by molar-refractivity contribution is 0.101. The monoisotopic (exact) mass is 360 g/mol. The number of phenolic OH excluding ortho intramolecular Hbond substituents is 1. The van der Waals surface area contributed by atoms with Crippen LogP contribution in [0, 0.1) is 11.3 Å². The van der Waals surface area contributed by atoms with E-state index in [1.807, 2.05) is 29.8 Å². The quantitative estimate of drug-likeness (QED) is 0.714. The highest BCUT2D eigenvalue weighted by Gasteiger charge is 2.28. The Morgan fingerprint density at radius 2 is 2.15 bits per heavy atom. The number of aryl methyl sites for hydroxylation is 1. The van der Waals surface area contributed by atoms with Crippen molar-refractivity contribution < 1.29 is 19.4 Å². The van der Waals surface area contributed by atoms with Gasteiger partial charge in [0, 0.05) is 35.3 Å². The maximum Gasteiger partial charge on any atom is 0.231 e. The minimum atomic E-state index is -0.214. The van der Waals surface area contributed by atoms with Crippen LogP contribution in [-0.4, -0.2) is 22.1 Å². The number of aromatic nitrogens is 1. The molecule has 1 aliphatic heterocycles. The molecule has 1 aliphatic rings. The second-order valence-electron chi connectivity index (χ2n) is 6.12. The Labute approximate surface area is 155 Å². The lowest BCUT2D eigenvalue weighted by atomic mass is 10.1. The van der Waals surface area contributed by atoms with Crippen LogP contribution in [0.4, 0.5) is 0 Å². The third-order valence-corrected chi connectivity index (χ3v) is 4.47. The van der Waals surface area contributed by atoms with Gasteiger partial charge in [0.25, 0.3) is 0 Å². The van der Waals surface area contributed by atoms with E-state index in [9.17, 15) is 9.90 Å². The van der Waals surface area contributed by atoms with Crippen LogP contribution in [0.2, 0.25) is 0 Å². The summed E-state index contributed by atoms with van der Waals surface area (Å²) in [6.07, 6.45) is 3.62. The average Bonchev–Trinajstić information content (AvgIpc) is 3.17. The molecule has 2 aromatic carbocycles. The average molecular weight is 360 g/mol. The fraction of sp³-hybridized carbons (Fsp3) is 0.143. The Morgan fingerprint density at radius 3 is 2.93 bits per heavy atom. The summed E-state index contributed by atoms with van der Waals surface area (Å²) in [5.41, 5.74) is 2.21. The van der Waals surface area contributed by atoms with Crippen LogP contribution < -0.4 is 9.47 Å². The second kappa shape index (κ2) is 6.54. The summed E-state index contributed by atoms with van der Waals surface area (Å²) in [4.78, 5) is 12.7. The smallest absolute Gasteiger partial charge is 0.231 e. The summed E-state index contributed by atoms with van der Waals surface area (Å²) in [5, 5.41) is 19.3. The first-order valence-corrected chi connectivity index (χ1v) is 8.50. The van der Waals surface area contributed by atoms with Crippen molar-refractivity contribution in [2.45, 2.75) is 13.5 Å². The second-order valence-corrected chi connectivity index (χ2v) is 6.12. The first kappa shape index (κ1) is 16.7. The van der Waals surface area contributed by atoms with Gasteiger partial charge in [-0.3, -0.25) is 4.79 Å². The van der Waals surface area contributed by atoms with E-state index in [0.29, 0.717) is 17.1 Å². The van der Waals surface area contributed by atoms with Gasteiger partial charge in [0.05, 0.1) is 5.56 Å². The number of fused-ring (bicyclic) bond motifs is 2. The third-order valence-electron chi connectivity index (χ3n) is 4.47. The molecule has 0 unspecified atom stereocenters. The minimum Gasteiger partial charge on any atom is -0.508 e. The summed E-state index contributed by atoms with van der Waals surface area (Å²) in [6, 6.07) is 11.9. The number of benzene rings is 2. The number of nitriles is 1. The van der Waals surface area contributed by atoms with Crippen LogP contribution in [0.1, 0.15) is 22.8 Å². The molecule has 1 aromatic heterocycles. The molecule has 6 heteroatoms. The van der Waals surface area contributed by atoms with Crippen molar-refractivity contribution >= 4 is 22.8 Å². The Bertz CT molecular complexity index is 1140. The van der Waals surface area contributed by atoms with E-state index < -0.39 is 0 Å². The number of rotatable bonds is 4. The van der Waals surface area contributed by atoms with E-state index in [1.165, 1.54) is 0 Å². The Kier molecular flexibility index (Phi) is 4.05. The Hall–Kier alpha value is -3.72. The SMILES string of the molecule is CCn1cc(C=C2Oc3cc(OCC#N)ccc3C2=O)c2cc(O)ccc21. The zero-order valence-corrected chi connectivity index (χ0v) is 14.6. The van der Waals surface area contributed by atoms with Crippen LogP contribution >= 0.6 is 0 Å². The van der Waals surface area contributed by atoms with Gasteiger partial charge in [0.15, 0.2) is 12.4 Å². The van der Waals surface area contributed by atoms with E-state index in [2.05, 4.69) is 0 Å². The minimum absolute atomic E-state index is 0.0740. The number of hydrogen-bond donors (Lipinski definition) is 1. The lowest BCUT2D eigenvalue weighted by Crippen LogP contribution is -1.98. The summed E-state index contributed by atoms with van der Waals surface area (Å²) in [5.74, 6) is 1.04. The lowest BCUT2D eigenvalue weighted by Gasteiger charge is -2.03. The number of carbonyl (C=O) groups is 1. The molecule has 0 atom stereocenters. The van der Waals surface area contributed by atoms with Crippen molar-refractivity contribution in [3.8, 4) is 23.3 Å². The number of ketones is 1. The Morgan fingerprint density at radius 1 is 1.30 bits per heavy atom. The highest BCUT2D eigenvalue weighted by molar-refractivity contribution is 6.15.